The van der Waals surface area contributed by atoms with Crippen LogP contribution in [0.5, 0.6) is 0 Å². The Balaban J connectivity index is 2.28. The maximum atomic E-state index is 12.4. The molecule has 0 aliphatic heterocycles. The minimum atomic E-state index is -0.229. The van der Waals surface area contributed by atoms with Gasteiger partial charge in [0.25, 0.3) is 5.91 Å². The molecule has 0 aliphatic rings. The highest BCUT2D eigenvalue weighted by Crippen LogP contribution is 2.22. The first-order valence-corrected chi connectivity index (χ1v) is 8.00. The smallest absolute Gasteiger partial charge is 0.272 e. The van der Waals surface area contributed by atoms with Crippen LogP contribution < -0.4 is 5.32 Å². The van der Waals surface area contributed by atoms with Gasteiger partial charge in [-0.2, -0.15) is 5.26 Å². The average Bonchev–Trinajstić information content (AvgIpc) is 2.82. The molecule has 6 heteroatoms. The quantitative estimate of drug-likeness (QED) is 0.803. The molecule has 1 heterocycles. The Morgan fingerprint density at radius 2 is 2.10 bits per heavy atom. The Morgan fingerprint density at radius 1 is 1.33 bits per heavy atom. The van der Waals surface area contributed by atoms with Gasteiger partial charge >= 0.3 is 0 Å². The first kappa shape index (κ1) is 15.8. The van der Waals surface area contributed by atoms with Crippen LogP contribution in [0.25, 0.3) is 0 Å². The zero-order valence-electron chi connectivity index (χ0n) is 11.4. The van der Waals surface area contributed by atoms with Gasteiger partial charge in [0.1, 0.15) is 11.8 Å². The number of carbonyl (C=O) groups is 1. The van der Waals surface area contributed by atoms with E-state index in [0.717, 1.165) is 21.9 Å². The predicted octanol–water partition coefficient (Wildman–Crippen LogP) is 4.55. The molecule has 1 aromatic heterocycles. The third-order valence-electron chi connectivity index (χ3n) is 2.91. The first-order valence-electron chi connectivity index (χ1n) is 6.41. The van der Waals surface area contributed by atoms with E-state index in [4.69, 9.17) is 5.26 Å². The van der Waals surface area contributed by atoms with Gasteiger partial charge in [0, 0.05) is 21.7 Å². The zero-order valence-corrected chi connectivity index (χ0v) is 14.5. The second-order valence-electron chi connectivity index (χ2n) is 4.49. The summed E-state index contributed by atoms with van der Waals surface area (Å²) in [6.07, 6.45) is 2.81. The van der Waals surface area contributed by atoms with Crippen LogP contribution >= 0.6 is 31.9 Å². The molecule has 0 spiro atoms. The molecule has 0 unspecified atom stereocenters. The van der Waals surface area contributed by atoms with Gasteiger partial charge in [-0.05, 0) is 46.6 Å². The number of aryl methyl sites for hydroxylation is 1. The molecule has 4 nitrogen and oxygen atoms in total. The van der Waals surface area contributed by atoms with Crippen molar-refractivity contribution in [3.05, 3.63) is 50.7 Å². The van der Waals surface area contributed by atoms with E-state index in [1.54, 1.807) is 24.3 Å². The van der Waals surface area contributed by atoms with Crippen LogP contribution in [0.4, 0.5) is 5.69 Å². The van der Waals surface area contributed by atoms with Gasteiger partial charge < -0.3 is 9.88 Å². The van der Waals surface area contributed by atoms with Gasteiger partial charge in [-0.25, -0.2) is 0 Å². The van der Waals surface area contributed by atoms with Gasteiger partial charge in [-0.15, -0.1) is 0 Å². The number of benzene rings is 1. The Kier molecular flexibility index (Phi) is 5.21. The molecule has 2 rings (SSSR count). The fraction of sp³-hybridized carbons (Fsp3) is 0.200. The number of rotatable bonds is 4. The highest BCUT2D eigenvalue weighted by atomic mass is 79.9. The first-order chi connectivity index (χ1) is 10.0. The molecule has 21 heavy (non-hydrogen) atoms. The van der Waals surface area contributed by atoms with E-state index in [-0.39, 0.29) is 5.91 Å². The van der Waals surface area contributed by atoms with Gasteiger partial charge in [0.15, 0.2) is 0 Å². The number of nitrogens with zero attached hydrogens (tertiary/aromatic N) is 2. The minimum absolute atomic E-state index is 0.229. The number of halogens is 2. The van der Waals surface area contributed by atoms with Crippen molar-refractivity contribution in [2.24, 2.45) is 0 Å². The van der Waals surface area contributed by atoms with E-state index in [1.807, 2.05) is 10.8 Å². The number of aromatic nitrogens is 1. The average molecular weight is 411 g/mol. The summed E-state index contributed by atoms with van der Waals surface area (Å²) in [4.78, 5) is 12.4. The lowest BCUT2D eigenvalue weighted by Gasteiger charge is -2.10. The van der Waals surface area contributed by atoms with Crippen molar-refractivity contribution in [2.45, 2.75) is 19.9 Å². The number of hydrogen-bond acceptors (Lipinski definition) is 2. The Labute approximate surface area is 140 Å². The van der Waals surface area contributed by atoms with Crippen molar-refractivity contribution in [2.75, 3.05) is 5.32 Å². The van der Waals surface area contributed by atoms with Crippen molar-refractivity contribution in [1.29, 1.82) is 5.26 Å². The lowest BCUT2D eigenvalue weighted by Crippen LogP contribution is -2.17. The van der Waals surface area contributed by atoms with Crippen molar-refractivity contribution >= 4 is 43.5 Å². The van der Waals surface area contributed by atoms with Gasteiger partial charge in [0.05, 0.1) is 11.3 Å². The Bertz CT molecular complexity index is 716. The molecule has 0 atom stereocenters. The molecular formula is C15H13Br2N3O. The fourth-order valence-electron chi connectivity index (χ4n) is 2.00. The van der Waals surface area contributed by atoms with Crippen molar-refractivity contribution in [3.8, 4) is 6.07 Å². The van der Waals surface area contributed by atoms with Crippen LogP contribution in [0.1, 0.15) is 29.4 Å². The topological polar surface area (TPSA) is 57.8 Å². The Morgan fingerprint density at radius 3 is 2.76 bits per heavy atom. The molecule has 0 bridgehead atoms. The highest BCUT2D eigenvalue weighted by Gasteiger charge is 2.14. The van der Waals surface area contributed by atoms with Crippen LogP contribution in [0.15, 0.2) is 39.4 Å². The van der Waals surface area contributed by atoms with Crippen LogP contribution in [0.2, 0.25) is 0 Å². The molecule has 108 valence electrons. The van der Waals surface area contributed by atoms with E-state index in [2.05, 4.69) is 50.2 Å². The zero-order chi connectivity index (χ0) is 15.4. The normalized spacial score (nSPS) is 10.2. The monoisotopic (exact) mass is 409 g/mol. The SMILES string of the molecule is CCCn1cc(Br)cc1C(=O)Nc1ccc(Br)cc1C#N. The van der Waals surface area contributed by atoms with Crippen LogP contribution in [-0.4, -0.2) is 10.5 Å². The van der Waals surface area contributed by atoms with Crippen molar-refractivity contribution in [3.63, 3.8) is 0 Å². The minimum Gasteiger partial charge on any atom is -0.342 e. The van der Waals surface area contributed by atoms with Gasteiger partial charge in [-0.1, -0.05) is 22.9 Å². The summed E-state index contributed by atoms with van der Waals surface area (Å²) in [6.45, 7) is 2.82. The van der Waals surface area contributed by atoms with E-state index in [9.17, 15) is 4.79 Å². The molecule has 2 aromatic rings. The lowest BCUT2D eigenvalue weighted by atomic mass is 10.2. The third kappa shape index (κ3) is 3.74. The van der Waals surface area contributed by atoms with Gasteiger partial charge in [-0.3, -0.25) is 4.79 Å². The molecule has 1 amide bonds. The molecular weight excluding hydrogens is 398 g/mol. The van der Waals surface area contributed by atoms with Crippen LogP contribution in [0, 0.1) is 11.3 Å². The number of nitriles is 1. The van der Waals surface area contributed by atoms with Crippen LogP contribution in [0.3, 0.4) is 0 Å². The molecule has 0 saturated carbocycles. The molecule has 0 radical (unpaired) electrons. The second-order valence-corrected chi connectivity index (χ2v) is 6.32. The number of carbonyl (C=O) groups excluding carboxylic acids is 1. The second kappa shape index (κ2) is 6.92. The van der Waals surface area contributed by atoms with Gasteiger partial charge in [0.2, 0.25) is 0 Å². The number of nitrogens with one attached hydrogen (secondary N) is 1. The van der Waals surface area contributed by atoms with Crippen LogP contribution in [-0.2, 0) is 6.54 Å². The third-order valence-corrected chi connectivity index (χ3v) is 3.84. The number of amides is 1. The van der Waals surface area contributed by atoms with Crippen molar-refractivity contribution < 1.29 is 4.79 Å². The molecule has 1 N–H and O–H groups in total. The summed E-state index contributed by atoms with van der Waals surface area (Å²) in [7, 11) is 0. The summed E-state index contributed by atoms with van der Waals surface area (Å²) in [5, 5.41) is 11.9. The lowest BCUT2D eigenvalue weighted by molar-refractivity contribution is 0.101. The van der Waals surface area contributed by atoms with E-state index < -0.39 is 0 Å². The standard InChI is InChI=1S/C15H13Br2N3O/c1-2-5-20-9-12(17)7-14(20)15(21)19-13-4-3-11(16)6-10(13)8-18/h3-4,6-7,9H,2,5H2,1H3,(H,19,21). The summed E-state index contributed by atoms with van der Waals surface area (Å²) in [6, 6.07) is 9.03. The fourth-order valence-corrected chi connectivity index (χ4v) is 2.82. The molecule has 1 aromatic carbocycles. The van der Waals surface area contributed by atoms with E-state index >= 15 is 0 Å². The van der Waals surface area contributed by atoms with E-state index in [0.29, 0.717) is 16.9 Å². The maximum absolute atomic E-state index is 12.4. The number of anilines is 1. The molecule has 0 saturated heterocycles. The maximum Gasteiger partial charge on any atom is 0.272 e. The molecule has 0 aliphatic carbocycles. The predicted molar refractivity (Wildman–Crippen MR) is 89.2 cm³/mol. The highest BCUT2D eigenvalue weighted by molar-refractivity contribution is 9.10. The Hall–Kier alpha value is -1.58. The summed E-state index contributed by atoms with van der Waals surface area (Å²) in [5.41, 5.74) is 1.49. The summed E-state index contributed by atoms with van der Waals surface area (Å²) >= 11 is 6.69. The van der Waals surface area contributed by atoms with Crippen molar-refractivity contribution in [1.82, 2.24) is 4.57 Å². The summed E-state index contributed by atoms with van der Waals surface area (Å²) in [5.74, 6) is -0.229. The number of hydrogen-bond donors (Lipinski definition) is 1. The molecule has 0 fully saturated rings. The van der Waals surface area contributed by atoms with E-state index in [1.165, 1.54) is 0 Å². The summed E-state index contributed by atoms with van der Waals surface area (Å²) < 4.78 is 3.55. The largest absolute Gasteiger partial charge is 0.342 e.